The van der Waals surface area contributed by atoms with E-state index in [-0.39, 0.29) is 35.9 Å². The Hall–Kier alpha value is -4.12. The van der Waals surface area contributed by atoms with Crippen LogP contribution in [0.4, 0.5) is 10.6 Å². The highest BCUT2D eigenvalue weighted by atomic mass is 16.6. The summed E-state index contributed by atoms with van der Waals surface area (Å²) in [5.41, 5.74) is 1.99. The SMILES string of the molecule is CCO[C@H]1CN(C(=O)OCc2ccccc2)C[C@H]1Nc1c(CC)nc(-c2ccc(OC)nc2OC)c(=O)n1C. The van der Waals surface area contributed by atoms with E-state index in [1.54, 1.807) is 24.1 Å². The van der Waals surface area contributed by atoms with Crippen molar-refractivity contribution in [1.82, 2.24) is 19.4 Å². The van der Waals surface area contributed by atoms with E-state index in [1.807, 2.05) is 44.2 Å². The Balaban J connectivity index is 1.58. The molecule has 1 aliphatic rings. The van der Waals surface area contributed by atoms with Crippen LogP contribution in [0.1, 0.15) is 25.1 Å². The number of hydrogen-bond donors (Lipinski definition) is 1. The molecule has 3 aromatic rings. The van der Waals surface area contributed by atoms with Gasteiger partial charge in [-0.25, -0.2) is 9.78 Å². The molecule has 1 N–H and O–H groups in total. The van der Waals surface area contributed by atoms with Crippen molar-refractivity contribution in [2.75, 3.05) is 39.2 Å². The summed E-state index contributed by atoms with van der Waals surface area (Å²) >= 11 is 0. The number of anilines is 1. The molecule has 0 radical (unpaired) electrons. The van der Waals surface area contributed by atoms with Gasteiger partial charge in [-0.2, -0.15) is 4.98 Å². The van der Waals surface area contributed by atoms with Crippen LogP contribution in [0.5, 0.6) is 11.8 Å². The molecule has 0 saturated carbocycles. The fourth-order valence-electron chi connectivity index (χ4n) is 4.60. The second kappa shape index (κ2) is 12.6. The fourth-order valence-corrected chi connectivity index (χ4v) is 4.60. The van der Waals surface area contributed by atoms with Crippen molar-refractivity contribution < 1.29 is 23.7 Å². The van der Waals surface area contributed by atoms with Crippen molar-refractivity contribution in [3.05, 3.63) is 64.1 Å². The maximum atomic E-state index is 13.5. The lowest BCUT2D eigenvalue weighted by Gasteiger charge is -2.24. The molecule has 11 nitrogen and oxygen atoms in total. The molecule has 0 spiro atoms. The average molecular weight is 538 g/mol. The van der Waals surface area contributed by atoms with Crippen LogP contribution in [-0.4, -0.2) is 71.6 Å². The Morgan fingerprint density at radius 3 is 2.49 bits per heavy atom. The highest BCUT2D eigenvalue weighted by Crippen LogP contribution is 2.29. The van der Waals surface area contributed by atoms with Gasteiger partial charge in [0.1, 0.15) is 18.1 Å². The van der Waals surface area contributed by atoms with Crippen LogP contribution in [0.25, 0.3) is 11.3 Å². The van der Waals surface area contributed by atoms with Gasteiger partial charge in [0.15, 0.2) is 0 Å². The third-order valence-corrected chi connectivity index (χ3v) is 6.62. The number of aryl methyl sites for hydroxylation is 1. The molecule has 0 bridgehead atoms. The quantitative estimate of drug-likeness (QED) is 0.416. The number of nitrogens with one attached hydrogen (secondary N) is 1. The van der Waals surface area contributed by atoms with E-state index >= 15 is 0 Å². The minimum atomic E-state index is -0.412. The molecule has 11 heteroatoms. The van der Waals surface area contributed by atoms with Crippen LogP contribution in [0.2, 0.25) is 0 Å². The average Bonchev–Trinajstić information content (AvgIpc) is 3.37. The van der Waals surface area contributed by atoms with Gasteiger partial charge in [-0.15, -0.1) is 0 Å². The molecule has 208 valence electrons. The number of ether oxygens (including phenoxy) is 4. The second-order valence-corrected chi connectivity index (χ2v) is 9.07. The Morgan fingerprint density at radius 2 is 1.82 bits per heavy atom. The zero-order valence-corrected chi connectivity index (χ0v) is 23.0. The van der Waals surface area contributed by atoms with Gasteiger partial charge in [0.2, 0.25) is 11.8 Å². The van der Waals surface area contributed by atoms with Gasteiger partial charge in [-0.05, 0) is 25.0 Å². The van der Waals surface area contributed by atoms with Crippen LogP contribution in [0, 0.1) is 0 Å². The zero-order chi connectivity index (χ0) is 27.9. The summed E-state index contributed by atoms with van der Waals surface area (Å²) in [6.45, 7) is 5.27. The molecule has 39 heavy (non-hydrogen) atoms. The van der Waals surface area contributed by atoms with E-state index in [2.05, 4.69) is 10.3 Å². The second-order valence-electron chi connectivity index (χ2n) is 9.07. The lowest BCUT2D eigenvalue weighted by atomic mass is 10.1. The first-order valence-electron chi connectivity index (χ1n) is 12.9. The number of benzene rings is 1. The molecule has 1 amide bonds. The van der Waals surface area contributed by atoms with Gasteiger partial charge < -0.3 is 29.2 Å². The number of carbonyl (C=O) groups excluding carboxylic acids is 1. The maximum Gasteiger partial charge on any atom is 0.410 e. The van der Waals surface area contributed by atoms with Crippen molar-refractivity contribution in [3.8, 4) is 23.0 Å². The van der Waals surface area contributed by atoms with Gasteiger partial charge in [0.25, 0.3) is 5.56 Å². The summed E-state index contributed by atoms with van der Waals surface area (Å²) in [5.74, 6) is 1.19. The molecule has 1 aliphatic heterocycles. The number of rotatable bonds is 10. The summed E-state index contributed by atoms with van der Waals surface area (Å²) in [6, 6.07) is 12.6. The molecular weight excluding hydrogens is 502 g/mol. The fraction of sp³-hybridized carbons (Fsp3) is 0.429. The van der Waals surface area contributed by atoms with E-state index in [1.165, 1.54) is 18.8 Å². The third-order valence-electron chi connectivity index (χ3n) is 6.62. The predicted octanol–water partition coefficient (Wildman–Crippen LogP) is 3.26. The molecule has 2 atom stereocenters. The van der Waals surface area contributed by atoms with Crippen LogP contribution in [0.15, 0.2) is 47.3 Å². The Bertz CT molecular complexity index is 1350. The number of amides is 1. The first-order chi connectivity index (χ1) is 18.9. The predicted molar refractivity (Wildman–Crippen MR) is 146 cm³/mol. The standard InChI is InChI=1S/C28H35N5O6/c1-6-20-25(32(3)27(34)24(29-20)19-13-14-23(36-4)31-26(19)37-5)30-21-15-33(16-22(21)38-7-2)28(35)39-17-18-11-9-8-10-12-18/h8-14,21-22,30H,6-7,15-17H2,1-5H3/t21-,22+/m1/s1. The van der Waals surface area contributed by atoms with Crippen LogP contribution >= 0.6 is 0 Å². The normalized spacial score (nSPS) is 16.7. The smallest absolute Gasteiger partial charge is 0.410 e. The number of pyridine rings is 1. The summed E-state index contributed by atoms with van der Waals surface area (Å²) < 4.78 is 23.6. The van der Waals surface area contributed by atoms with Crippen LogP contribution in [0.3, 0.4) is 0 Å². The monoisotopic (exact) mass is 537 g/mol. The molecule has 1 fully saturated rings. The van der Waals surface area contributed by atoms with E-state index in [0.29, 0.717) is 49.1 Å². The summed E-state index contributed by atoms with van der Waals surface area (Å²) in [4.78, 5) is 37.0. The van der Waals surface area contributed by atoms with E-state index in [0.717, 1.165) is 5.56 Å². The van der Waals surface area contributed by atoms with Gasteiger partial charge >= 0.3 is 6.09 Å². The summed E-state index contributed by atoms with van der Waals surface area (Å²) in [6.07, 6.45) is -0.140. The lowest BCUT2D eigenvalue weighted by Crippen LogP contribution is -2.37. The van der Waals surface area contributed by atoms with Crippen molar-refractivity contribution in [1.29, 1.82) is 0 Å². The summed E-state index contributed by atoms with van der Waals surface area (Å²) in [7, 11) is 4.68. The third kappa shape index (κ3) is 6.14. The Kier molecular flexibility index (Phi) is 9.03. The van der Waals surface area contributed by atoms with Crippen molar-refractivity contribution in [2.45, 2.75) is 39.0 Å². The number of carbonyl (C=O) groups is 1. The molecule has 4 rings (SSSR count). The molecule has 3 heterocycles. The van der Waals surface area contributed by atoms with Crippen molar-refractivity contribution in [3.63, 3.8) is 0 Å². The Labute approximate surface area is 227 Å². The molecular formula is C28H35N5O6. The molecule has 0 unspecified atom stereocenters. The highest BCUT2D eigenvalue weighted by molar-refractivity contribution is 5.69. The number of nitrogens with zero attached hydrogens (tertiary/aromatic N) is 4. The number of hydrogen-bond acceptors (Lipinski definition) is 9. The van der Waals surface area contributed by atoms with Gasteiger partial charge in [0, 0.05) is 26.3 Å². The van der Waals surface area contributed by atoms with Crippen LogP contribution < -0.4 is 20.3 Å². The number of aromatic nitrogens is 3. The minimum Gasteiger partial charge on any atom is -0.481 e. The molecule has 1 aromatic carbocycles. The molecule has 1 saturated heterocycles. The van der Waals surface area contributed by atoms with Crippen LogP contribution in [-0.2, 0) is 29.5 Å². The largest absolute Gasteiger partial charge is 0.481 e. The first-order valence-corrected chi connectivity index (χ1v) is 12.9. The maximum absolute atomic E-state index is 13.5. The summed E-state index contributed by atoms with van der Waals surface area (Å²) in [5, 5.41) is 3.45. The van der Waals surface area contributed by atoms with E-state index < -0.39 is 6.09 Å². The lowest BCUT2D eigenvalue weighted by molar-refractivity contribution is 0.0579. The van der Waals surface area contributed by atoms with E-state index in [4.69, 9.17) is 23.9 Å². The van der Waals surface area contributed by atoms with E-state index in [9.17, 15) is 9.59 Å². The molecule has 2 aromatic heterocycles. The van der Waals surface area contributed by atoms with Gasteiger partial charge in [-0.1, -0.05) is 37.3 Å². The van der Waals surface area contributed by atoms with Gasteiger partial charge in [-0.3, -0.25) is 9.36 Å². The topological polar surface area (TPSA) is 117 Å². The van der Waals surface area contributed by atoms with Gasteiger partial charge in [0.05, 0.1) is 44.2 Å². The minimum absolute atomic E-state index is 0.192. The number of likely N-dealkylation sites (tertiary alicyclic amines) is 1. The highest BCUT2D eigenvalue weighted by Gasteiger charge is 2.37. The van der Waals surface area contributed by atoms with Crippen molar-refractivity contribution in [2.24, 2.45) is 7.05 Å². The Morgan fingerprint density at radius 1 is 1.05 bits per heavy atom. The first kappa shape index (κ1) is 27.9. The molecule has 0 aliphatic carbocycles. The zero-order valence-electron chi connectivity index (χ0n) is 23.0. The number of methoxy groups -OCH3 is 2. The van der Waals surface area contributed by atoms with Crippen molar-refractivity contribution >= 4 is 11.9 Å².